The highest BCUT2D eigenvalue weighted by molar-refractivity contribution is 5.91. The van der Waals surface area contributed by atoms with Crippen LogP contribution in [0.3, 0.4) is 0 Å². The molecule has 4 rings (SSSR count). The molecule has 0 atom stereocenters. The average Bonchev–Trinajstić information content (AvgIpc) is 3.59. The Morgan fingerprint density at radius 3 is 2.34 bits per heavy atom. The first-order valence-corrected chi connectivity index (χ1v) is 10.7. The number of carbonyl (C=O) groups excluding carboxylic acids is 1. The minimum Gasteiger partial charge on any atom is -0.471 e. The van der Waals surface area contributed by atoms with Gasteiger partial charge in [0.15, 0.2) is 17.1 Å². The summed E-state index contributed by atoms with van der Waals surface area (Å²) in [6.45, 7) is 0. The highest BCUT2D eigenvalue weighted by atomic mass is 19.4. The summed E-state index contributed by atoms with van der Waals surface area (Å²) in [4.78, 5) is 12.6. The van der Waals surface area contributed by atoms with Gasteiger partial charge in [-0.3, -0.25) is 0 Å². The number of benzene rings is 2. The molecule has 0 bridgehead atoms. The van der Waals surface area contributed by atoms with Gasteiger partial charge in [0.2, 0.25) is 0 Å². The van der Waals surface area contributed by atoms with Crippen molar-refractivity contribution in [2.24, 2.45) is 5.92 Å². The van der Waals surface area contributed by atoms with E-state index < -0.39 is 23.7 Å². The van der Waals surface area contributed by atoms with Gasteiger partial charge in [-0.25, -0.2) is 4.79 Å². The molecule has 0 heterocycles. The summed E-state index contributed by atoms with van der Waals surface area (Å²) in [5.74, 6) is 5.67. The second-order valence-electron chi connectivity index (χ2n) is 8.11. The van der Waals surface area contributed by atoms with Crippen molar-refractivity contribution in [2.75, 3.05) is 0 Å². The van der Waals surface area contributed by atoms with E-state index >= 15 is 0 Å². The van der Waals surface area contributed by atoms with Crippen LogP contribution in [0.4, 0.5) is 13.2 Å². The Hall–Kier alpha value is -3.14. The van der Waals surface area contributed by atoms with Crippen molar-refractivity contribution in [3.63, 3.8) is 0 Å². The van der Waals surface area contributed by atoms with E-state index in [9.17, 15) is 18.0 Å². The number of hydrogen-bond donors (Lipinski definition) is 0. The Labute approximate surface area is 184 Å². The fourth-order valence-electron chi connectivity index (χ4n) is 3.63. The van der Waals surface area contributed by atoms with Crippen molar-refractivity contribution in [2.45, 2.75) is 56.9 Å². The fraction of sp³-hybridized carbons (Fsp3) is 0.400. The molecule has 0 spiro atoms. The second kappa shape index (κ2) is 9.15. The molecule has 32 heavy (non-hydrogen) atoms. The molecule has 0 unspecified atom stereocenters. The van der Waals surface area contributed by atoms with E-state index in [4.69, 9.17) is 9.47 Å². The summed E-state index contributed by atoms with van der Waals surface area (Å²) in [6.07, 6.45) is 1.14. The summed E-state index contributed by atoms with van der Waals surface area (Å²) in [5.41, 5.74) is -0.841. The van der Waals surface area contributed by atoms with Crippen molar-refractivity contribution in [1.29, 1.82) is 0 Å². The van der Waals surface area contributed by atoms with Crippen LogP contribution in [-0.2, 0) is 0 Å². The monoisotopic (exact) mass is 444 g/mol. The van der Waals surface area contributed by atoms with Crippen molar-refractivity contribution < 1.29 is 32.2 Å². The highest BCUT2D eigenvalue weighted by Crippen LogP contribution is 2.40. The van der Waals surface area contributed by atoms with Crippen LogP contribution >= 0.6 is 0 Å². The van der Waals surface area contributed by atoms with Crippen LogP contribution in [0.25, 0.3) is 0 Å². The number of rotatable bonds is 5. The Kier molecular flexibility index (Phi) is 6.31. The summed E-state index contributed by atoms with van der Waals surface area (Å²) in [5, 5.41) is 0. The molecule has 4 nitrogen and oxygen atoms in total. The minimum atomic E-state index is -4.90. The third kappa shape index (κ3) is 5.97. The lowest BCUT2D eigenvalue weighted by atomic mass is 9.85. The quantitative estimate of drug-likeness (QED) is 0.308. The molecule has 2 aromatic carbocycles. The third-order valence-corrected chi connectivity index (χ3v) is 5.41. The van der Waals surface area contributed by atoms with Gasteiger partial charge in [0, 0.05) is 5.92 Å². The predicted molar refractivity (Wildman–Crippen MR) is 111 cm³/mol. The van der Waals surface area contributed by atoms with Gasteiger partial charge in [-0.05, 0) is 68.9 Å². The summed E-state index contributed by atoms with van der Waals surface area (Å²) in [7, 11) is 0. The molecule has 0 aromatic heterocycles. The summed E-state index contributed by atoms with van der Waals surface area (Å²) >= 11 is 0. The first-order valence-electron chi connectivity index (χ1n) is 10.7. The number of para-hydroxylation sites is 1. The van der Waals surface area contributed by atoms with Crippen LogP contribution in [0.1, 0.15) is 55.3 Å². The lowest BCUT2D eigenvalue weighted by Gasteiger charge is -2.34. The molecule has 2 aromatic rings. The minimum absolute atomic E-state index is 0.0551. The van der Waals surface area contributed by atoms with Crippen LogP contribution in [0.15, 0.2) is 48.5 Å². The highest BCUT2D eigenvalue weighted by Gasteiger charge is 2.37. The number of esters is 1. The lowest BCUT2D eigenvalue weighted by Crippen LogP contribution is -2.37. The number of alkyl halides is 3. The average molecular weight is 444 g/mol. The predicted octanol–water partition coefficient (Wildman–Crippen LogP) is 6.30. The molecule has 0 aliphatic heterocycles. The maximum atomic E-state index is 13.0. The molecule has 2 fully saturated rings. The normalized spacial score (nSPS) is 17.6. The smallest absolute Gasteiger partial charge is 0.471 e. The molecular formula is C25H23F3O4. The van der Waals surface area contributed by atoms with Crippen LogP contribution in [0.2, 0.25) is 0 Å². The van der Waals surface area contributed by atoms with Gasteiger partial charge < -0.3 is 14.2 Å². The van der Waals surface area contributed by atoms with Gasteiger partial charge in [-0.2, -0.15) is 0 Å². The number of halogens is 3. The van der Waals surface area contributed by atoms with Crippen LogP contribution in [-0.4, -0.2) is 17.9 Å². The van der Waals surface area contributed by atoms with Gasteiger partial charge in [-0.1, -0.05) is 36.5 Å². The van der Waals surface area contributed by atoms with Crippen molar-refractivity contribution in [1.82, 2.24) is 0 Å². The number of hydrogen-bond acceptors (Lipinski definition) is 4. The van der Waals surface area contributed by atoms with Gasteiger partial charge in [-0.15, -0.1) is 13.2 Å². The van der Waals surface area contributed by atoms with E-state index in [0.29, 0.717) is 24.5 Å². The molecule has 0 saturated heterocycles. The standard InChI is InChI=1S/C25H23F3O4/c26-25(27,28)32-21-12-11-19(23(29)30-20-7-3-1-4-8-20)17-22(21)31-24(14-5-2-6-15-24)16-13-18-9-10-18/h1,3-4,7-8,11-12,17-18H,2,5-6,9-10,14-15H2. The molecule has 7 heteroatoms. The van der Waals surface area contributed by atoms with E-state index in [2.05, 4.69) is 16.6 Å². The lowest BCUT2D eigenvalue weighted by molar-refractivity contribution is -0.275. The third-order valence-electron chi connectivity index (χ3n) is 5.41. The van der Waals surface area contributed by atoms with Crippen molar-refractivity contribution in [3.05, 3.63) is 54.1 Å². The zero-order chi connectivity index (χ0) is 22.6. The Morgan fingerprint density at radius 2 is 1.69 bits per heavy atom. The number of carbonyl (C=O) groups is 1. The molecule has 0 radical (unpaired) electrons. The maximum absolute atomic E-state index is 13.0. The molecular weight excluding hydrogens is 421 g/mol. The van der Waals surface area contributed by atoms with E-state index in [0.717, 1.165) is 38.2 Å². The summed E-state index contributed by atoms with van der Waals surface area (Å²) in [6, 6.07) is 12.0. The van der Waals surface area contributed by atoms with Gasteiger partial charge in [0.25, 0.3) is 0 Å². The maximum Gasteiger partial charge on any atom is 0.573 e. The zero-order valence-corrected chi connectivity index (χ0v) is 17.4. The van der Waals surface area contributed by atoms with Crippen LogP contribution in [0.5, 0.6) is 17.2 Å². The molecule has 2 saturated carbocycles. The van der Waals surface area contributed by atoms with E-state index in [1.165, 1.54) is 12.1 Å². The summed E-state index contributed by atoms with van der Waals surface area (Å²) < 4.78 is 54.7. The molecule has 168 valence electrons. The largest absolute Gasteiger partial charge is 0.573 e. The van der Waals surface area contributed by atoms with Gasteiger partial charge >= 0.3 is 12.3 Å². The molecule has 2 aliphatic rings. The van der Waals surface area contributed by atoms with Crippen LogP contribution in [0, 0.1) is 17.8 Å². The van der Waals surface area contributed by atoms with E-state index in [1.807, 2.05) is 0 Å². The Balaban J connectivity index is 1.64. The first-order chi connectivity index (χ1) is 15.3. The molecule has 2 aliphatic carbocycles. The SMILES string of the molecule is O=C(Oc1ccccc1)c1ccc(OC(F)(F)F)c(OC2(C#CC3CC3)CCCCC2)c1. The topological polar surface area (TPSA) is 44.8 Å². The second-order valence-corrected chi connectivity index (χ2v) is 8.11. The van der Waals surface area contributed by atoms with Gasteiger partial charge in [0.05, 0.1) is 5.56 Å². The first kappa shape index (κ1) is 22.1. The molecule has 0 amide bonds. The van der Waals surface area contributed by atoms with E-state index in [-0.39, 0.29) is 11.3 Å². The van der Waals surface area contributed by atoms with Crippen molar-refractivity contribution >= 4 is 5.97 Å². The Bertz CT molecular complexity index is 1010. The van der Waals surface area contributed by atoms with Crippen molar-refractivity contribution in [3.8, 4) is 29.1 Å². The molecule has 0 N–H and O–H groups in total. The Morgan fingerprint density at radius 1 is 0.969 bits per heavy atom. The van der Waals surface area contributed by atoms with E-state index in [1.54, 1.807) is 30.3 Å². The van der Waals surface area contributed by atoms with Crippen LogP contribution < -0.4 is 14.2 Å². The fourth-order valence-corrected chi connectivity index (χ4v) is 3.63. The van der Waals surface area contributed by atoms with Gasteiger partial charge in [0.1, 0.15) is 5.75 Å². The zero-order valence-electron chi connectivity index (χ0n) is 17.4. The number of ether oxygens (including phenoxy) is 3.